The Hall–Kier alpha value is -1.52. The molecular weight excluding hydrogens is 356 g/mol. The molecule has 0 unspecified atom stereocenters. The van der Waals surface area contributed by atoms with Crippen LogP contribution in [0.2, 0.25) is 5.02 Å². The summed E-state index contributed by atoms with van der Waals surface area (Å²) in [6.45, 7) is 1.89. The summed E-state index contributed by atoms with van der Waals surface area (Å²) < 4.78 is 11.5. The number of hydrogen-bond acceptors (Lipinski definition) is 3. The van der Waals surface area contributed by atoms with Crippen LogP contribution in [-0.4, -0.2) is 19.5 Å². The van der Waals surface area contributed by atoms with Gasteiger partial charge in [0.25, 0.3) is 0 Å². The quantitative estimate of drug-likeness (QED) is 0.718. The van der Waals surface area contributed by atoms with Crippen LogP contribution in [-0.2, 0) is 0 Å². The van der Waals surface area contributed by atoms with Gasteiger partial charge in [-0.1, -0.05) is 33.6 Å². The number of carbonyl (C=O) groups is 1. The van der Waals surface area contributed by atoms with Gasteiger partial charge in [-0.3, -0.25) is 4.79 Å². The lowest BCUT2D eigenvalue weighted by molar-refractivity contribution is 0.0921. The lowest BCUT2D eigenvalue weighted by Crippen LogP contribution is -2.12. The SMILES string of the molecule is COc1ccc(C(=O)COc2cc(Br)ccc2C)cc1Cl. The molecule has 0 atom stereocenters. The first-order valence-corrected chi connectivity index (χ1v) is 7.44. The second-order valence-corrected chi connectivity index (χ2v) is 5.79. The minimum atomic E-state index is -0.140. The molecule has 110 valence electrons. The van der Waals surface area contributed by atoms with Crippen LogP contribution in [0.1, 0.15) is 15.9 Å². The molecule has 0 saturated heterocycles. The second kappa shape index (κ2) is 6.96. The number of ether oxygens (including phenoxy) is 2. The molecule has 0 aromatic heterocycles. The Bertz CT molecular complexity index is 671. The van der Waals surface area contributed by atoms with Gasteiger partial charge >= 0.3 is 0 Å². The van der Waals surface area contributed by atoms with E-state index in [1.807, 2.05) is 25.1 Å². The number of aryl methyl sites for hydroxylation is 1. The fourth-order valence-corrected chi connectivity index (χ4v) is 2.39. The summed E-state index contributed by atoms with van der Waals surface area (Å²) in [6.07, 6.45) is 0. The number of halogens is 2. The summed E-state index contributed by atoms with van der Waals surface area (Å²) in [5.41, 5.74) is 1.47. The van der Waals surface area contributed by atoms with Crippen molar-refractivity contribution < 1.29 is 14.3 Å². The van der Waals surface area contributed by atoms with Crippen LogP contribution >= 0.6 is 27.5 Å². The molecule has 0 spiro atoms. The summed E-state index contributed by atoms with van der Waals surface area (Å²) in [6, 6.07) is 10.6. The van der Waals surface area contributed by atoms with Gasteiger partial charge in [0.05, 0.1) is 12.1 Å². The Morgan fingerprint density at radius 3 is 2.62 bits per heavy atom. The highest BCUT2D eigenvalue weighted by atomic mass is 79.9. The molecule has 0 heterocycles. The van der Waals surface area contributed by atoms with E-state index in [0.717, 1.165) is 10.0 Å². The molecule has 0 amide bonds. The van der Waals surface area contributed by atoms with Crippen molar-refractivity contribution in [2.24, 2.45) is 0 Å². The van der Waals surface area contributed by atoms with Crippen molar-refractivity contribution >= 4 is 33.3 Å². The topological polar surface area (TPSA) is 35.5 Å². The lowest BCUT2D eigenvalue weighted by Gasteiger charge is -2.10. The monoisotopic (exact) mass is 368 g/mol. The molecule has 2 aromatic carbocycles. The Morgan fingerprint density at radius 2 is 1.95 bits per heavy atom. The maximum absolute atomic E-state index is 12.1. The number of ketones is 1. The molecule has 2 aromatic rings. The molecule has 3 nitrogen and oxygen atoms in total. The van der Waals surface area contributed by atoms with Gasteiger partial charge < -0.3 is 9.47 Å². The minimum absolute atomic E-state index is 0.0417. The molecule has 0 aliphatic rings. The van der Waals surface area contributed by atoms with Crippen molar-refractivity contribution in [3.05, 3.63) is 57.0 Å². The third-order valence-corrected chi connectivity index (χ3v) is 3.77. The molecule has 5 heteroatoms. The van der Waals surface area contributed by atoms with Crippen LogP contribution in [0.5, 0.6) is 11.5 Å². The van der Waals surface area contributed by atoms with Crippen molar-refractivity contribution in [1.29, 1.82) is 0 Å². The van der Waals surface area contributed by atoms with Crippen LogP contribution in [0.25, 0.3) is 0 Å². The third-order valence-electron chi connectivity index (χ3n) is 2.98. The maximum Gasteiger partial charge on any atom is 0.200 e. The average molecular weight is 370 g/mol. The molecule has 0 radical (unpaired) electrons. The number of hydrogen-bond donors (Lipinski definition) is 0. The molecule has 0 aliphatic heterocycles. The van der Waals surface area contributed by atoms with Gasteiger partial charge in [-0.05, 0) is 42.8 Å². The van der Waals surface area contributed by atoms with Crippen LogP contribution in [0.3, 0.4) is 0 Å². The van der Waals surface area contributed by atoms with E-state index in [2.05, 4.69) is 15.9 Å². The lowest BCUT2D eigenvalue weighted by atomic mass is 10.1. The predicted molar refractivity (Wildman–Crippen MR) is 86.7 cm³/mol. The van der Waals surface area contributed by atoms with Gasteiger partial charge in [-0.15, -0.1) is 0 Å². The zero-order valence-corrected chi connectivity index (χ0v) is 14.0. The largest absolute Gasteiger partial charge is 0.495 e. The van der Waals surface area contributed by atoms with Crippen molar-refractivity contribution in [3.63, 3.8) is 0 Å². The first kappa shape index (κ1) is 15.9. The second-order valence-electron chi connectivity index (χ2n) is 4.47. The van der Waals surface area contributed by atoms with Crippen LogP contribution < -0.4 is 9.47 Å². The van der Waals surface area contributed by atoms with E-state index >= 15 is 0 Å². The summed E-state index contributed by atoms with van der Waals surface area (Å²) in [4.78, 5) is 12.1. The highest BCUT2D eigenvalue weighted by Crippen LogP contribution is 2.26. The number of Topliss-reactive ketones (excluding diaryl/α,β-unsaturated/α-hetero) is 1. The number of rotatable bonds is 5. The Labute approximate surface area is 137 Å². The van der Waals surface area contributed by atoms with E-state index in [0.29, 0.717) is 22.1 Å². The maximum atomic E-state index is 12.1. The third kappa shape index (κ3) is 3.99. The summed E-state index contributed by atoms with van der Waals surface area (Å²) in [5, 5.41) is 0.405. The van der Waals surface area contributed by atoms with Crippen LogP contribution in [0, 0.1) is 6.92 Å². The van der Waals surface area contributed by atoms with Crippen molar-refractivity contribution in [3.8, 4) is 11.5 Å². The first-order valence-electron chi connectivity index (χ1n) is 6.27. The number of benzene rings is 2. The van der Waals surface area contributed by atoms with Gasteiger partial charge in [0.1, 0.15) is 11.5 Å². The summed E-state index contributed by atoms with van der Waals surface area (Å²) >= 11 is 9.39. The first-order chi connectivity index (χ1) is 10.0. The van der Waals surface area contributed by atoms with Gasteiger partial charge in [-0.25, -0.2) is 0 Å². The standard InChI is InChI=1S/C16H14BrClO3/c1-10-3-5-12(17)8-16(10)21-9-14(19)11-4-6-15(20-2)13(18)7-11/h3-8H,9H2,1-2H3. The zero-order chi connectivity index (χ0) is 15.4. The highest BCUT2D eigenvalue weighted by molar-refractivity contribution is 9.10. The zero-order valence-electron chi connectivity index (χ0n) is 11.7. The summed E-state index contributed by atoms with van der Waals surface area (Å²) in [5.74, 6) is 1.08. The Balaban J connectivity index is 2.08. The van der Waals surface area contributed by atoms with E-state index < -0.39 is 0 Å². The number of methoxy groups -OCH3 is 1. The Kier molecular flexibility index (Phi) is 5.26. The van der Waals surface area contributed by atoms with Gasteiger partial charge in [-0.2, -0.15) is 0 Å². The molecule has 2 rings (SSSR count). The molecule has 0 aliphatic carbocycles. The predicted octanol–water partition coefficient (Wildman–Crippen LogP) is 4.68. The molecule has 0 saturated carbocycles. The molecule has 0 bridgehead atoms. The van der Waals surface area contributed by atoms with Gasteiger partial charge in [0.2, 0.25) is 0 Å². The fourth-order valence-electron chi connectivity index (χ4n) is 1.80. The van der Waals surface area contributed by atoms with Gasteiger partial charge in [0, 0.05) is 10.0 Å². The van der Waals surface area contributed by atoms with E-state index in [9.17, 15) is 4.79 Å². The van der Waals surface area contributed by atoms with Gasteiger partial charge in [0.15, 0.2) is 12.4 Å². The molecular formula is C16H14BrClO3. The molecule has 0 N–H and O–H groups in total. The van der Waals surface area contributed by atoms with E-state index in [4.69, 9.17) is 21.1 Å². The van der Waals surface area contributed by atoms with E-state index in [1.54, 1.807) is 18.2 Å². The minimum Gasteiger partial charge on any atom is -0.495 e. The summed E-state index contributed by atoms with van der Waals surface area (Å²) in [7, 11) is 1.53. The number of carbonyl (C=O) groups excluding carboxylic acids is 1. The Morgan fingerprint density at radius 1 is 1.19 bits per heavy atom. The highest BCUT2D eigenvalue weighted by Gasteiger charge is 2.11. The van der Waals surface area contributed by atoms with Crippen molar-refractivity contribution in [1.82, 2.24) is 0 Å². The van der Waals surface area contributed by atoms with E-state index in [1.165, 1.54) is 7.11 Å². The van der Waals surface area contributed by atoms with Crippen molar-refractivity contribution in [2.45, 2.75) is 6.92 Å². The van der Waals surface area contributed by atoms with E-state index in [-0.39, 0.29) is 12.4 Å². The smallest absolute Gasteiger partial charge is 0.200 e. The fraction of sp³-hybridized carbons (Fsp3) is 0.188. The van der Waals surface area contributed by atoms with Crippen molar-refractivity contribution in [2.75, 3.05) is 13.7 Å². The van der Waals surface area contributed by atoms with Crippen LogP contribution in [0.4, 0.5) is 0 Å². The average Bonchev–Trinajstić information content (AvgIpc) is 2.47. The molecule has 21 heavy (non-hydrogen) atoms. The molecule has 0 fully saturated rings. The van der Waals surface area contributed by atoms with Crippen LogP contribution in [0.15, 0.2) is 40.9 Å². The normalized spacial score (nSPS) is 10.3.